The van der Waals surface area contributed by atoms with Crippen LogP contribution in [0.1, 0.15) is 16.7 Å². The highest BCUT2D eigenvalue weighted by Crippen LogP contribution is 2.31. The van der Waals surface area contributed by atoms with Gasteiger partial charge in [-0.1, -0.05) is 67.7 Å². The lowest BCUT2D eigenvalue weighted by atomic mass is 10.2. The van der Waals surface area contributed by atoms with Crippen LogP contribution in [0.25, 0.3) is 6.08 Å². The zero-order chi connectivity index (χ0) is 22.7. The van der Waals surface area contributed by atoms with Crippen LogP contribution in [-0.4, -0.2) is 11.1 Å². The van der Waals surface area contributed by atoms with Crippen molar-refractivity contribution in [2.24, 2.45) is 4.99 Å². The molecule has 0 aliphatic carbocycles. The highest BCUT2D eigenvalue weighted by Gasteiger charge is 2.24. The molecule has 4 rings (SSSR count). The SMILES string of the molecule is Cc1ccc(Cl)cc1N=C1NC(=O)/C(=C/c2ccc(OCc3ccc(Br)cc3Br)cc2)S1. The molecule has 8 heteroatoms. The topological polar surface area (TPSA) is 50.7 Å². The predicted octanol–water partition coefficient (Wildman–Crippen LogP) is 7.64. The predicted molar refractivity (Wildman–Crippen MR) is 140 cm³/mol. The number of thioether (sulfide) groups is 1. The molecule has 0 bridgehead atoms. The van der Waals surface area contributed by atoms with Crippen LogP contribution in [0, 0.1) is 6.92 Å². The van der Waals surface area contributed by atoms with Crippen LogP contribution >= 0.6 is 55.2 Å². The molecule has 0 atom stereocenters. The van der Waals surface area contributed by atoms with Crippen LogP contribution in [0.3, 0.4) is 0 Å². The number of rotatable bonds is 5. The van der Waals surface area contributed by atoms with E-state index in [9.17, 15) is 4.79 Å². The minimum Gasteiger partial charge on any atom is -0.489 e. The summed E-state index contributed by atoms with van der Waals surface area (Å²) < 4.78 is 7.88. The maximum atomic E-state index is 12.4. The Morgan fingerprint density at radius 2 is 1.88 bits per heavy atom. The van der Waals surface area contributed by atoms with Crippen LogP contribution in [0.4, 0.5) is 5.69 Å². The highest BCUT2D eigenvalue weighted by molar-refractivity contribution is 9.11. The summed E-state index contributed by atoms with van der Waals surface area (Å²) in [6.07, 6.45) is 1.84. The maximum Gasteiger partial charge on any atom is 0.264 e. The number of nitrogens with one attached hydrogen (secondary N) is 1. The molecule has 32 heavy (non-hydrogen) atoms. The zero-order valence-corrected chi connectivity index (χ0v) is 21.6. The number of hydrogen-bond acceptors (Lipinski definition) is 4. The molecular weight excluding hydrogens is 576 g/mol. The van der Waals surface area contributed by atoms with Gasteiger partial charge < -0.3 is 10.1 Å². The molecule has 3 aromatic carbocycles. The van der Waals surface area contributed by atoms with E-state index in [-0.39, 0.29) is 5.91 Å². The summed E-state index contributed by atoms with van der Waals surface area (Å²) in [5.41, 5.74) is 3.68. The average molecular weight is 593 g/mol. The van der Waals surface area contributed by atoms with Gasteiger partial charge in [0.1, 0.15) is 12.4 Å². The Balaban J connectivity index is 1.43. The van der Waals surface area contributed by atoms with Gasteiger partial charge in [0.05, 0.1) is 10.6 Å². The second kappa shape index (κ2) is 10.3. The van der Waals surface area contributed by atoms with Crippen molar-refractivity contribution in [3.63, 3.8) is 0 Å². The Morgan fingerprint density at radius 1 is 1.09 bits per heavy atom. The van der Waals surface area contributed by atoms with Gasteiger partial charge in [-0.2, -0.15) is 0 Å². The van der Waals surface area contributed by atoms with E-state index in [0.29, 0.717) is 21.7 Å². The fourth-order valence-corrected chi connectivity index (χ4v) is 5.07. The van der Waals surface area contributed by atoms with Crippen LogP contribution in [0.15, 0.2) is 79.5 Å². The van der Waals surface area contributed by atoms with E-state index in [4.69, 9.17) is 16.3 Å². The standard InChI is InChI=1S/C24H17Br2ClN2O2S/c1-14-2-7-18(27)12-21(14)28-24-29-23(30)22(32-24)10-15-3-8-19(9-4-15)31-13-16-5-6-17(25)11-20(16)26/h2-12H,13H2,1H3,(H,28,29,30)/b22-10-. The molecule has 1 saturated heterocycles. The molecule has 1 fully saturated rings. The third-order valence-electron chi connectivity index (χ3n) is 4.63. The van der Waals surface area contributed by atoms with E-state index < -0.39 is 0 Å². The van der Waals surface area contributed by atoms with Gasteiger partial charge in [0, 0.05) is 19.5 Å². The molecule has 1 aliphatic heterocycles. The second-order valence-electron chi connectivity index (χ2n) is 7.01. The van der Waals surface area contributed by atoms with Crippen molar-refractivity contribution < 1.29 is 9.53 Å². The first-order valence-electron chi connectivity index (χ1n) is 9.60. The molecule has 4 nitrogen and oxygen atoms in total. The van der Waals surface area contributed by atoms with E-state index in [1.54, 1.807) is 6.07 Å². The van der Waals surface area contributed by atoms with E-state index >= 15 is 0 Å². The summed E-state index contributed by atoms with van der Waals surface area (Å²) in [6, 6.07) is 19.1. The Bertz CT molecular complexity index is 1240. The van der Waals surface area contributed by atoms with Gasteiger partial charge in [0.2, 0.25) is 0 Å². The van der Waals surface area contributed by atoms with Gasteiger partial charge >= 0.3 is 0 Å². The van der Waals surface area contributed by atoms with Gasteiger partial charge in [0.15, 0.2) is 5.17 Å². The number of aliphatic imine (C=N–C) groups is 1. The number of amidine groups is 1. The van der Waals surface area contributed by atoms with Gasteiger partial charge in [-0.15, -0.1) is 0 Å². The quantitative estimate of drug-likeness (QED) is 0.310. The summed E-state index contributed by atoms with van der Waals surface area (Å²) in [4.78, 5) is 17.5. The average Bonchev–Trinajstić information content (AvgIpc) is 3.10. The maximum absolute atomic E-state index is 12.4. The molecule has 1 aliphatic rings. The number of carbonyl (C=O) groups excluding carboxylic acids is 1. The van der Waals surface area contributed by atoms with Crippen LogP contribution < -0.4 is 10.1 Å². The molecule has 3 aromatic rings. The van der Waals surface area contributed by atoms with E-state index in [2.05, 4.69) is 42.2 Å². The number of benzene rings is 3. The molecule has 0 unspecified atom stereocenters. The molecule has 1 amide bonds. The monoisotopic (exact) mass is 590 g/mol. The van der Waals surface area contributed by atoms with Gasteiger partial charge in [0.25, 0.3) is 5.91 Å². The largest absolute Gasteiger partial charge is 0.489 e. The van der Waals surface area contributed by atoms with E-state index in [1.807, 2.05) is 67.6 Å². The Labute approximate surface area is 212 Å². The number of nitrogens with zero attached hydrogens (tertiary/aromatic N) is 1. The number of halogens is 3. The number of aryl methyl sites for hydroxylation is 1. The highest BCUT2D eigenvalue weighted by atomic mass is 79.9. The van der Waals surface area contributed by atoms with Crippen molar-refractivity contribution >= 4 is 78.1 Å². The fraction of sp³-hybridized carbons (Fsp3) is 0.0833. The summed E-state index contributed by atoms with van der Waals surface area (Å²) in [5.74, 6) is 0.582. The molecule has 0 saturated carbocycles. The number of ether oxygens (including phenoxy) is 1. The summed E-state index contributed by atoms with van der Waals surface area (Å²) in [7, 11) is 0. The summed E-state index contributed by atoms with van der Waals surface area (Å²) in [6.45, 7) is 2.41. The lowest BCUT2D eigenvalue weighted by molar-refractivity contribution is -0.115. The zero-order valence-electron chi connectivity index (χ0n) is 16.9. The van der Waals surface area contributed by atoms with Crippen molar-refractivity contribution in [3.8, 4) is 5.75 Å². The molecule has 1 heterocycles. The van der Waals surface area contributed by atoms with Gasteiger partial charge in [-0.3, -0.25) is 4.79 Å². The van der Waals surface area contributed by atoms with Crippen molar-refractivity contribution in [2.45, 2.75) is 13.5 Å². The first kappa shape index (κ1) is 23.1. The smallest absolute Gasteiger partial charge is 0.264 e. The molecular formula is C24H17Br2ClN2O2S. The minimum absolute atomic E-state index is 0.172. The molecule has 162 valence electrons. The second-order valence-corrected chi connectivity index (χ2v) is 10.2. The van der Waals surface area contributed by atoms with Crippen LogP contribution in [-0.2, 0) is 11.4 Å². The molecule has 1 N–H and O–H groups in total. The normalized spacial score (nSPS) is 15.9. The fourth-order valence-electron chi connectivity index (χ4n) is 2.90. The van der Waals surface area contributed by atoms with Crippen LogP contribution in [0.5, 0.6) is 5.75 Å². The third-order valence-corrected chi connectivity index (χ3v) is 7.01. The Hall–Kier alpha value is -2.06. The lowest BCUT2D eigenvalue weighted by Gasteiger charge is -2.08. The number of hydrogen-bond donors (Lipinski definition) is 1. The molecule has 0 spiro atoms. The first-order chi connectivity index (χ1) is 15.4. The Kier molecular flexibility index (Phi) is 7.40. The Morgan fingerprint density at radius 3 is 2.62 bits per heavy atom. The number of amides is 1. The van der Waals surface area contributed by atoms with Gasteiger partial charge in [-0.25, -0.2) is 4.99 Å². The minimum atomic E-state index is -0.172. The summed E-state index contributed by atoms with van der Waals surface area (Å²) >= 11 is 14.4. The number of carbonyl (C=O) groups is 1. The lowest BCUT2D eigenvalue weighted by Crippen LogP contribution is -2.19. The van der Waals surface area contributed by atoms with Crippen molar-refractivity contribution in [3.05, 3.63) is 96.2 Å². The van der Waals surface area contributed by atoms with Crippen molar-refractivity contribution in [1.82, 2.24) is 5.32 Å². The van der Waals surface area contributed by atoms with E-state index in [1.165, 1.54) is 11.8 Å². The molecule has 0 aromatic heterocycles. The first-order valence-corrected chi connectivity index (χ1v) is 12.4. The van der Waals surface area contributed by atoms with Crippen LogP contribution in [0.2, 0.25) is 5.02 Å². The molecule has 0 radical (unpaired) electrons. The van der Waals surface area contributed by atoms with E-state index in [0.717, 1.165) is 37.1 Å². The summed E-state index contributed by atoms with van der Waals surface area (Å²) in [5, 5.41) is 3.95. The third kappa shape index (κ3) is 5.84. The van der Waals surface area contributed by atoms with Gasteiger partial charge in [-0.05, 0) is 72.3 Å². The van der Waals surface area contributed by atoms with Crippen molar-refractivity contribution in [2.75, 3.05) is 0 Å². The van der Waals surface area contributed by atoms with Crippen molar-refractivity contribution in [1.29, 1.82) is 0 Å².